The first-order valence-electron chi connectivity index (χ1n) is 5.74. The molecular formula is C12H17N5. The second kappa shape index (κ2) is 4.63. The standard InChI is InChI=1S/C12H17N5/c1-4-11(13)12-6-5-10(7-14-12)17-9(3)15-8(2)16-17/h5-7,11H,4,13H2,1-3H3/t11-/m1/s1. The normalized spacial score (nSPS) is 12.7. The van der Waals surface area contributed by atoms with Gasteiger partial charge >= 0.3 is 0 Å². The molecule has 2 heterocycles. The molecule has 0 saturated carbocycles. The highest BCUT2D eigenvalue weighted by Gasteiger charge is 2.08. The zero-order valence-electron chi connectivity index (χ0n) is 10.4. The largest absolute Gasteiger partial charge is 0.323 e. The summed E-state index contributed by atoms with van der Waals surface area (Å²) in [6.07, 6.45) is 2.67. The van der Waals surface area contributed by atoms with Crippen molar-refractivity contribution in [1.82, 2.24) is 19.7 Å². The molecule has 2 aromatic heterocycles. The highest BCUT2D eigenvalue weighted by molar-refractivity contribution is 5.30. The van der Waals surface area contributed by atoms with E-state index in [-0.39, 0.29) is 6.04 Å². The number of hydrogen-bond acceptors (Lipinski definition) is 4. The fourth-order valence-electron chi connectivity index (χ4n) is 1.72. The molecule has 0 aliphatic heterocycles. The van der Waals surface area contributed by atoms with Gasteiger partial charge in [0.15, 0.2) is 0 Å². The van der Waals surface area contributed by atoms with Crippen molar-refractivity contribution in [3.8, 4) is 5.69 Å². The molecule has 2 aromatic rings. The molecule has 0 fully saturated rings. The first kappa shape index (κ1) is 11.7. The molecule has 5 nitrogen and oxygen atoms in total. The first-order chi connectivity index (χ1) is 8.11. The van der Waals surface area contributed by atoms with Gasteiger partial charge in [-0.3, -0.25) is 4.98 Å². The van der Waals surface area contributed by atoms with Gasteiger partial charge in [-0.05, 0) is 32.4 Å². The molecule has 0 radical (unpaired) electrons. The van der Waals surface area contributed by atoms with Crippen molar-refractivity contribution >= 4 is 0 Å². The Morgan fingerprint density at radius 3 is 2.59 bits per heavy atom. The molecule has 0 amide bonds. The van der Waals surface area contributed by atoms with Gasteiger partial charge in [0, 0.05) is 6.04 Å². The van der Waals surface area contributed by atoms with Crippen LogP contribution < -0.4 is 5.73 Å². The molecule has 5 heteroatoms. The summed E-state index contributed by atoms with van der Waals surface area (Å²) in [7, 11) is 0. The monoisotopic (exact) mass is 231 g/mol. The van der Waals surface area contributed by atoms with Crippen LogP contribution in [0.2, 0.25) is 0 Å². The number of rotatable bonds is 3. The molecule has 90 valence electrons. The van der Waals surface area contributed by atoms with E-state index in [1.54, 1.807) is 10.9 Å². The van der Waals surface area contributed by atoms with Gasteiger partial charge in [-0.2, -0.15) is 5.10 Å². The predicted molar refractivity (Wildman–Crippen MR) is 65.8 cm³/mol. The minimum atomic E-state index is 0.00243. The summed E-state index contributed by atoms with van der Waals surface area (Å²) in [6, 6.07) is 3.92. The van der Waals surface area contributed by atoms with Crippen molar-refractivity contribution in [2.75, 3.05) is 0 Å². The lowest BCUT2D eigenvalue weighted by Crippen LogP contribution is -2.11. The maximum atomic E-state index is 5.92. The van der Waals surface area contributed by atoms with Crippen LogP contribution >= 0.6 is 0 Å². The summed E-state index contributed by atoms with van der Waals surface area (Å²) in [4.78, 5) is 8.62. The van der Waals surface area contributed by atoms with Gasteiger partial charge in [0.1, 0.15) is 11.6 Å². The zero-order chi connectivity index (χ0) is 12.4. The second-order valence-electron chi connectivity index (χ2n) is 4.07. The number of aryl methyl sites for hydroxylation is 2. The minimum absolute atomic E-state index is 0.00243. The van der Waals surface area contributed by atoms with Gasteiger partial charge in [-0.25, -0.2) is 9.67 Å². The lowest BCUT2D eigenvalue weighted by Gasteiger charge is -2.09. The van der Waals surface area contributed by atoms with Gasteiger partial charge in [0.2, 0.25) is 0 Å². The van der Waals surface area contributed by atoms with Gasteiger partial charge in [0.05, 0.1) is 17.6 Å². The third-order valence-electron chi connectivity index (χ3n) is 2.71. The molecule has 2 rings (SSSR count). The minimum Gasteiger partial charge on any atom is -0.323 e. The van der Waals surface area contributed by atoms with Crippen LogP contribution in [-0.4, -0.2) is 19.7 Å². The topological polar surface area (TPSA) is 69.6 Å². The third kappa shape index (κ3) is 2.34. The molecule has 0 aliphatic carbocycles. The van der Waals surface area contributed by atoms with Crippen LogP contribution in [0, 0.1) is 13.8 Å². The molecule has 1 atom stereocenters. The summed E-state index contributed by atoms with van der Waals surface area (Å²) in [5, 5.41) is 4.31. The van der Waals surface area contributed by atoms with E-state index in [2.05, 4.69) is 15.1 Å². The summed E-state index contributed by atoms with van der Waals surface area (Å²) in [5.41, 5.74) is 7.74. The van der Waals surface area contributed by atoms with E-state index in [1.807, 2.05) is 32.9 Å². The number of nitrogens with two attached hydrogens (primary N) is 1. The van der Waals surface area contributed by atoms with E-state index in [1.165, 1.54) is 0 Å². The summed E-state index contributed by atoms with van der Waals surface area (Å²) >= 11 is 0. The van der Waals surface area contributed by atoms with Crippen LogP contribution in [0.3, 0.4) is 0 Å². The Labute approximate surface area is 101 Å². The molecule has 0 aliphatic rings. The van der Waals surface area contributed by atoms with Crippen molar-refractivity contribution < 1.29 is 0 Å². The Kier molecular flexibility index (Phi) is 3.19. The number of hydrogen-bond donors (Lipinski definition) is 1. The van der Waals surface area contributed by atoms with Gasteiger partial charge < -0.3 is 5.73 Å². The molecule has 0 saturated heterocycles. The predicted octanol–water partition coefficient (Wildman–Crippen LogP) is 1.69. The van der Waals surface area contributed by atoms with Crippen LogP contribution in [0.1, 0.15) is 36.7 Å². The van der Waals surface area contributed by atoms with Crippen LogP contribution in [0.5, 0.6) is 0 Å². The van der Waals surface area contributed by atoms with Crippen molar-refractivity contribution in [3.05, 3.63) is 35.7 Å². The summed E-state index contributed by atoms with van der Waals surface area (Å²) < 4.78 is 1.78. The number of nitrogens with zero attached hydrogens (tertiary/aromatic N) is 4. The quantitative estimate of drug-likeness (QED) is 0.872. The fourth-order valence-corrected chi connectivity index (χ4v) is 1.72. The van der Waals surface area contributed by atoms with E-state index in [4.69, 9.17) is 5.73 Å². The summed E-state index contributed by atoms with van der Waals surface area (Å²) in [5.74, 6) is 1.62. The van der Waals surface area contributed by atoms with E-state index in [9.17, 15) is 0 Å². The van der Waals surface area contributed by atoms with Crippen molar-refractivity contribution in [1.29, 1.82) is 0 Å². The highest BCUT2D eigenvalue weighted by atomic mass is 15.3. The Hall–Kier alpha value is -1.75. The van der Waals surface area contributed by atoms with Crippen LogP contribution in [0.25, 0.3) is 5.69 Å². The van der Waals surface area contributed by atoms with Gasteiger partial charge in [0.25, 0.3) is 0 Å². The van der Waals surface area contributed by atoms with Crippen molar-refractivity contribution in [3.63, 3.8) is 0 Å². The average Bonchev–Trinajstić information content (AvgIpc) is 2.68. The van der Waals surface area contributed by atoms with Gasteiger partial charge in [-0.1, -0.05) is 6.92 Å². The number of pyridine rings is 1. The molecule has 0 aromatic carbocycles. The molecule has 0 spiro atoms. The van der Waals surface area contributed by atoms with Crippen LogP contribution in [0.4, 0.5) is 0 Å². The van der Waals surface area contributed by atoms with Crippen LogP contribution in [-0.2, 0) is 0 Å². The molecular weight excluding hydrogens is 214 g/mol. The van der Waals surface area contributed by atoms with E-state index >= 15 is 0 Å². The first-order valence-corrected chi connectivity index (χ1v) is 5.74. The third-order valence-corrected chi connectivity index (χ3v) is 2.71. The highest BCUT2D eigenvalue weighted by Crippen LogP contribution is 2.13. The van der Waals surface area contributed by atoms with Gasteiger partial charge in [-0.15, -0.1) is 0 Å². The maximum Gasteiger partial charge on any atom is 0.148 e. The van der Waals surface area contributed by atoms with E-state index < -0.39 is 0 Å². The van der Waals surface area contributed by atoms with Crippen molar-refractivity contribution in [2.45, 2.75) is 33.2 Å². The lowest BCUT2D eigenvalue weighted by atomic mass is 10.1. The maximum absolute atomic E-state index is 5.92. The Bertz CT molecular complexity index is 500. The smallest absolute Gasteiger partial charge is 0.148 e. The average molecular weight is 231 g/mol. The Morgan fingerprint density at radius 2 is 2.12 bits per heavy atom. The zero-order valence-corrected chi connectivity index (χ0v) is 10.4. The van der Waals surface area contributed by atoms with Crippen LogP contribution in [0.15, 0.2) is 18.3 Å². The van der Waals surface area contributed by atoms with Crippen molar-refractivity contribution in [2.24, 2.45) is 5.73 Å². The number of aromatic nitrogens is 4. The molecule has 2 N–H and O–H groups in total. The Balaban J connectivity index is 2.32. The summed E-state index contributed by atoms with van der Waals surface area (Å²) in [6.45, 7) is 5.84. The van der Waals surface area contributed by atoms with E-state index in [0.717, 1.165) is 29.5 Å². The lowest BCUT2D eigenvalue weighted by molar-refractivity contribution is 0.673. The second-order valence-corrected chi connectivity index (χ2v) is 4.07. The Morgan fingerprint density at radius 1 is 1.35 bits per heavy atom. The SMILES string of the molecule is CC[C@@H](N)c1ccc(-n2nc(C)nc2C)cn1. The molecule has 0 unspecified atom stereocenters. The molecule has 0 bridgehead atoms. The van der Waals surface area contributed by atoms with E-state index in [0.29, 0.717) is 0 Å². The fraction of sp³-hybridized carbons (Fsp3) is 0.417. The molecule has 17 heavy (non-hydrogen) atoms.